The number of nitrogens with zero attached hydrogens (tertiary/aromatic N) is 1. The van der Waals surface area contributed by atoms with Crippen LogP contribution in [0, 0.1) is 0 Å². The van der Waals surface area contributed by atoms with Crippen LogP contribution < -0.4 is 15.2 Å². The second-order valence-electron chi connectivity index (χ2n) is 5.48. The molecule has 0 amide bonds. The Morgan fingerprint density at radius 1 is 1.04 bits per heavy atom. The van der Waals surface area contributed by atoms with Crippen molar-refractivity contribution < 1.29 is 9.47 Å². The second-order valence-corrected chi connectivity index (χ2v) is 6.33. The van der Waals surface area contributed by atoms with Crippen molar-refractivity contribution in [3.8, 4) is 11.5 Å². The van der Waals surface area contributed by atoms with Crippen molar-refractivity contribution in [2.45, 2.75) is 20.5 Å². The molecular formula is C19H25BrN2O2. The van der Waals surface area contributed by atoms with Gasteiger partial charge in [0.15, 0.2) is 11.5 Å². The molecule has 2 N–H and O–H groups in total. The summed E-state index contributed by atoms with van der Waals surface area (Å²) in [5, 5.41) is 0. The highest BCUT2D eigenvalue weighted by Gasteiger charge is 2.12. The van der Waals surface area contributed by atoms with E-state index in [-0.39, 0.29) is 0 Å². The summed E-state index contributed by atoms with van der Waals surface area (Å²) in [6.07, 6.45) is 0. The standard InChI is InChI=1S/C19H25BrN2O2/c1-3-22(4-2)10-11-23-19-17(20)12-16(21)13-18(19)24-14-15-8-6-5-7-9-15/h5-9,12-13H,3-4,10-11,14,21H2,1-2H3. The maximum absolute atomic E-state index is 5.98. The summed E-state index contributed by atoms with van der Waals surface area (Å²) in [6.45, 7) is 8.28. The van der Waals surface area contributed by atoms with E-state index in [1.807, 2.05) is 36.4 Å². The first-order valence-electron chi connectivity index (χ1n) is 8.25. The number of halogens is 1. The number of hydrogen-bond donors (Lipinski definition) is 1. The quantitative estimate of drug-likeness (QED) is 0.645. The van der Waals surface area contributed by atoms with E-state index in [4.69, 9.17) is 15.2 Å². The first kappa shape index (κ1) is 18.6. The van der Waals surface area contributed by atoms with Crippen molar-refractivity contribution in [2.75, 3.05) is 32.0 Å². The van der Waals surface area contributed by atoms with Gasteiger partial charge in [-0.05, 0) is 40.6 Å². The fourth-order valence-electron chi connectivity index (χ4n) is 2.39. The second kappa shape index (κ2) is 9.55. The van der Waals surface area contributed by atoms with Crippen LogP contribution in [0.4, 0.5) is 5.69 Å². The molecule has 0 unspecified atom stereocenters. The lowest BCUT2D eigenvalue weighted by molar-refractivity contribution is 0.210. The van der Waals surface area contributed by atoms with E-state index >= 15 is 0 Å². The Balaban J connectivity index is 2.05. The Hall–Kier alpha value is -1.72. The topological polar surface area (TPSA) is 47.7 Å². The molecular weight excluding hydrogens is 368 g/mol. The maximum Gasteiger partial charge on any atom is 0.175 e. The van der Waals surface area contributed by atoms with E-state index in [1.54, 1.807) is 6.07 Å². The van der Waals surface area contributed by atoms with E-state index in [0.29, 0.717) is 30.4 Å². The van der Waals surface area contributed by atoms with Crippen molar-refractivity contribution in [3.63, 3.8) is 0 Å². The summed E-state index contributed by atoms with van der Waals surface area (Å²) >= 11 is 3.53. The number of likely N-dealkylation sites (N-methyl/N-ethyl adjacent to an activating group) is 1. The monoisotopic (exact) mass is 392 g/mol. The summed E-state index contributed by atoms with van der Waals surface area (Å²) in [7, 11) is 0. The fourth-order valence-corrected chi connectivity index (χ4v) is 2.96. The molecule has 0 spiro atoms. The van der Waals surface area contributed by atoms with E-state index in [1.165, 1.54) is 0 Å². The molecule has 0 saturated heterocycles. The number of hydrogen-bond acceptors (Lipinski definition) is 4. The van der Waals surface area contributed by atoms with Crippen molar-refractivity contribution in [3.05, 3.63) is 52.5 Å². The van der Waals surface area contributed by atoms with Crippen LogP contribution in [0.3, 0.4) is 0 Å². The number of anilines is 1. The summed E-state index contributed by atoms with van der Waals surface area (Å²) in [4.78, 5) is 2.32. The number of benzene rings is 2. The molecule has 0 radical (unpaired) electrons. The van der Waals surface area contributed by atoms with Crippen LogP contribution in [-0.2, 0) is 6.61 Å². The third kappa shape index (κ3) is 5.42. The van der Waals surface area contributed by atoms with Gasteiger partial charge in [-0.2, -0.15) is 0 Å². The Morgan fingerprint density at radius 2 is 1.75 bits per heavy atom. The summed E-state index contributed by atoms with van der Waals surface area (Å²) in [5.74, 6) is 1.36. The molecule has 0 aromatic heterocycles. The van der Waals surface area contributed by atoms with Crippen LogP contribution >= 0.6 is 15.9 Å². The highest BCUT2D eigenvalue weighted by molar-refractivity contribution is 9.10. The molecule has 0 aliphatic rings. The molecule has 130 valence electrons. The average molecular weight is 393 g/mol. The van der Waals surface area contributed by atoms with Gasteiger partial charge in [0.25, 0.3) is 0 Å². The molecule has 5 heteroatoms. The van der Waals surface area contributed by atoms with E-state index in [2.05, 4.69) is 34.7 Å². The average Bonchev–Trinajstić information content (AvgIpc) is 2.59. The van der Waals surface area contributed by atoms with Crippen LogP contribution in [0.25, 0.3) is 0 Å². The number of rotatable bonds is 9. The fraction of sp³-hybridized carbons (Fsp3) is 0.368. The summed E-state index contributed by atoms with van der Waals surface area (Å²) in [6, 6.07) is 13.7. The number of nitrogen functional groups attached to an aromatic ring is 1. The Kier molecular flexibility index (Phi) is 7.40. The third-order valence-corrected chi connectivity index (χ3v) is 4.41. The van der Waals surface area contributed by atoms with Crippen LogP contribution in [-0.4, -0.2) is 31.1 Å². The lowest BCUT2D eigenvalue weighted by Crippen LogP contribution is -2.28. The van der Waals surface area contributed by atoms with E-state index in [0.717, 1.165) is 29.7 Å². The normalized spacial score (nSPS) is 10.8. The molecule has 0 bridgehead atoms. The number of ether oxygens (including phenoxy) is 2. The maximum atomic E-state index is 5.98. The van der Waals surface area contributed by atoms with Crippen LogP contribution in [0.15, 0.2) is 46.9 Å². The minimum atomic E-state index is 0.475. The van der Waals surface area contributed by atoms with Crippen LogP contribution in [0.1, 0.15) is 19.4 Å². The highest BCUT2D eigenvalue weighted by atomic mass is 79.9. The van der Waals surface area contributed by atoms with Gasteiger partial charge in [-0.15, -0.1) is 0 Å². The van der Waals surface area contributed by atoms with Gasteiger partial charge in [-0.3, -0.25) is 0 Å². The molecule has 24 heavy (non-hydrogen) atoms. The molecule has 0 fully saturated rings. The molecule has 2 aromatic rings. The lowest BCUT2D eigenvalue weighted by Gasteiger charge is -2.20. The predicted molar refractivity (Wildman–Crippen MR) is 103 cm³/mol. The van der Waals surface area contributed by atoms with Crippen LogP contribution in [0.2, 0.25) is 0 Å². The molecule has 0 atom stereocenters. The van der Waals surface area contributed by atoms with Gasteiger partial charge in [0, 0.05) is 18.3 Å². The highest BCUT2D eigenvalue weighted by Crippen LogP contribution is 2.38. The zero-order valence-corrected chi connectivity index (χ0v) is 15.9. The van der Waals surface area contributed by atoms with Gasteiger partial charge < -0.3 is 20.1 Å². The molecule has 0 saturated carbocycles. The van der Waals surface area contributed by atoms with Gasteiger partial charge in [0.2, 0.25) is 0 Å². The third-order valence-electron chi connectivity index (χ3n) is 3.82. The molecule has 4 nitrogen and oxygen atoms in total. The Labute approximate surface area is 152 Å². The smallest absolute Gasteiger partial charge is 0.175 e. The van der Waals surface area contributed by atoms with Crippen molar-refractivity contribution in [2.24, 2.45) is 0 Å². The van der Waals surface area contributed by atoms with Gasteiger partial charge >= 0.3 is 0 Å². The molecule has 2 rings (SSSR count). The predicted octanol–water partition coefficient (Wildman–Crippen LogP) is 4.33. The minimum Gasteiger partial charge on any atom is -0.487 e. The molecule has 0 aliphatic carbocycles. The van der Waals surface area contributed by atoms with E-state index < -0.39 is 0 Å². The summed E-state index contributed by atoms with van der Waals surface area (Å²) < 4.78 is 12.7. The zero-order chi connectivity index (χ0) is 17.4. The zero-order valence-electron chi connectivity index (χ0n) is 14.3. The first-order valence-corrected chi connectivity index (χ1v) is 9.04. The first-order chi connectivity index (χ1) is 11.6. The van der Waals surface area contributed by atoms with Gasteiger partial charge in [-0.25, -0.2) is 0 Å². The SMILES string of the molecule is CCN(CC)CCOc1c(Br)cc(N)cc1OCc1ccccc1. The van der Waals surface area contributed by atoms with Crippen LogP contribution in [0.5, 0.6) is 11.5 Å². The Morgan fingerprint density at radius 3 is 2.42 bits per heavy atom. The summed E-state index contributed by atoms with van der Waals surface area (Å²) in [5.41, 5.74) is 7.69. The molecule has 0 heterocycles. The largest absolute Gasteiger partial charge is 0.487 e. The minimum absolute atomic E-state index is 0.475. The number of nitrogens with two attached hydrogens (primary N) is 1. The van der Waals surface area contributed by atoms with Gasteiger partial charge in [-0.1, -0.05) is 44.2 Å². The van der Waals surface area contributed by atoms with E-state index in [9.17, 15) is 0 Å². The molecule has 2 aromatic carbocycles. The van der Waals surface area contributed by atoms with Gasteiger partial charge in [0.1, 0.15) is 13.2 Å². The lowest BCUT2D eigenvalue weighted by atomic mass is 10.2. The molecule has 0 aliphatic heterocycles. The van der Waals surface area contributed by atoms with Gasteiger partial charge in [0.05, 0.1) is 4.47 Å². The van der Waals surface area contributed by atoms with Crippen molar-refractivity contribution in [1.29, 1.82) is 0 Å². The van der Waals surface area contributed by atoms with Crippen molar-refractivity contribution in [1.82, 2.24) is 4.90 Å². The Bertz CT molecular complexity index is 631. The van der Waals surface area contributed by atoms with Crippen molar-refractivity contribution >= 4 is 21.6 Å².